The second kappa shape index (κ2) is 28.2. The lowest BCUT2D eigenvalue weighted by Gasteiger charge is -2.46. The molecule has 0 saturated heterocycles. The van der Waals surface area contributed by atoms with Gasteiger partial charge in [-0.05, 0) is 203 Å². The first kappa shape index (κ1) is 68.1. The van der Waals surface area contributed by atoms with Gasteiger partial charge in [0.05, 0.1) is 33.4 Å². The number of hydrogen-bond acceptors (Lipinski definition) is 2. The summed E-state index contributed by atoms with van der Waals surface area (Å²) in [5.74, 6) is 0.182. The molecule has 0 atom stereocenters. The van der Waals surface area contributed by atoms with E-state index in [1.54, 1.807) is 0 Å². The summed E-state index contributed by atoms with van der Waals surface area (Å²) in [4.78, 5) is 5.43. The third kappa shape index (κ3) is 11.4. The number of aromatic nitrogens is 2. The average molecular weight is 1480 g/mol. The lowest BCUT2D eigenvalue weighted by Crippen LogP contribution is -2.61. The molecule has 0 aliphatic carbocycles. The molecular formula is C111H77BN4. The molecule has 4 heterocycles. The number of nitrogens with zero attached hydrogens (tertiary/aromatic N) is 4. The Kier molecular flexibility index (Phi) is 16.5. The smallest absolute Gasteiger partial charge is 0.252 e. The van der Waals surface area contributed by atoms with Gasteiger partial charge in [0, 0.05) is 77.9 Å². The molecule has 0 saturated carbocycles. The van der Waals surface area contributed by atoms with E-state index >= 15 is 0 Å². The molecule has 2 aromatic heterocycles. The van der Waals surface area contributed by atoms with Crippen LogP contribution in [0.15, 0.2) is 425 Å². The predicted molar refractivity (Wildman–Crippen MR) is 492 cm³/mol. The van der Waals surface area contributed by atoms with Crippen molar-refractivity contribution in [3.63, 3.8) is 0 Å². The number of anilines is 6. The van der Waals surface area contributed by atoms with E-state index in [9.17, 15) is 0 Å². The summed E-state index contributed by atoms with van der Waals surface area (Å²) in [6, 6.07) is 159. The summed E-state index contributed by atoms with van der Waals surface area (Å²) in [6.07, 6.45) is 0. The first-order valence-electron chi connectivity index (χ1n) is 40.4. The van der Waals surface area contributed by atoms with E-state index in [-0.39, 0.29) is 12.6 Å². The lowest BCUT2D eigenvalue weighted by atomic mass is 9.33. The normalized spacial score (nSPS) is 12.2. The number of hydrogen-bond donors (Lipinski definition) is 0. The zero-order chi connectivity index (χ0) is 76.9. The highest BCUT2D eigenvalue weighted by Gasteiger charge is 2.46. The van der Waals surface area contributed by atoms with Gasteiger partial charge in [-0.2, -0.15) is 0 Å². The van der Waals surface area contributed by atoms with Crippen LogP contribution in [0.5, 0.6) is 0 Å². The number of fused-ring (bicyclic) bond motifs is 10. The van der Waals surface area contributed by atoms with Gasteiger partial charge in [0.2, 0.25) is 0 Å². The Morgan fingerprint density at radius 3 is 0.888 bits per heavy atom. The zero-order valence-corrected chi connectivity index (χ0v) is 64.4. The van der Waals surface area contributed by atoms with Gasteiger partial charge in [0.15, 0.2) is 0 Å². The van der Waals surface area contributed by atoms with Crippen LogP contribution in [0, 0.1) is 0 Å². The second-order valence-electron chi connectivity index (χ2n) is 31.2. The molecule has 0 N–H and O–H groups in total. The first-order valence-corrected chi connectivity index (χ1v) is 40.4. The highest BCUT2D eigenvalue weighted by Crippen LogP contribution is 2.56. The van der Waals surface area contributed by atoms with Crippen molar-refractivity contribution < 1.29 is 0 Å². The van der Waals surface area contributed by atoms with Gasteiger partial charge in [0.25, 0.3) is 6.71 Å². The van der Waals surface area contributed by atoms with E-state index in [1.165, 1.54) is 65.8 Å². The van der Waals surface area contributed by atoms with Crippen molar-refractivity contribution in [1.29, 1.82) is 0 Å². The molecule has 0 amide bonds. The summed E-state index contributed by atoms with van der Waals surface area (Å²) in [7, 11) is 0. The average Bonchev–Trinajstić information content (AvgIpc) is 0.748. The predicted octanol–water partition coefficient (Wildman–Crippen LogP) is 28.1. The topological polar surface area (TPSA) is 16.3 Å². The van der Waals surface area contributed by atoms with E-state index < -0.39 is 0 Å². The lowest BCUT2D eigenvalue weighted by molar-refractivity contribution is 0.867. The first-order chi connectivity index (χ1) is 57.4. The third-order valence-electron chi connectivity index (χ3n) is 24.2. The maximum absolute atomic E-state index is 2.73. The molecule has 18 aromatic carbocycles. The van der Waals surface area contributed by atoms with E-state index in [0.717, 1.165) is 145 Å². The zero-order valence-electron chi connectivity index (χ0n) is 64.4. The van der Waals surface area contributed by atoms with Crippen LogP contribution >= 0.6 is 0 Å². The van der Waals surface area contributed by atoms with Gasteiger partial charge in [-0.25, -0.2) is 0 Å². The fourth-order valence-electron chi connectivity index (χ4n) is 18.8. The number of benzene rings is 18. The van der Waals surface area contributed by atoms with Gasteiger partial charge in [-0.3, -0.25) is 0 Å². The van der Waals surface area contributed by atoms with Crippen LogP contribution in [0.25, 0.3) is 155 Å². The minimum atomic E-state index is -0.298. The van der Waals surface area contributed by atoms with Crippen LogP contribution in [-0.4, -0.2) is 15.8 Å². The van der Waals surface area contributed by atoms with Crippen LogP contribution < -0.4 is 26.2 Å². The molecule has 2 aliphatic rings. The van der Waals surface area contributed by atoms with Gasteiger partial charge < -0.3 is 18.9 Å². The van der Waals surface area contributed by atoms with E-state index in [1.807, 2.05) is 0 Å². The minimum absolute atomic E-state index is 0.182. The maximum Gasteiger partial charge on any atom is 0.252 e. The van der Waals surface area contributed by atoms with E-state index in [0.29, 0.717) is 0 Å². The molecule has 4 nitrogen and oxygen atoms in total. The van der Waals surface area contributed by atoms with Crippen LogP contribution in [0.2, 0.25) is 0 Å². The van der Waals surface area contributed by atoms with Crippen LogP contribution in [0.4, 0.5) is 34.1 Å². The molecule has 5 heteroatoms. The SMILES string of the molecule is CC(C)c1cc(-c2ccccc2)c(N2c3cc(-n4c5ccccc5c5ccccc54)ccc3B3c4ccc(-n5c6ccccc6c6ccccc65)cc4N(c4c(-c5ccccc5)cccc4-c4cccc(-c5cccc(-c6ccccc6)c5)c4)c4cc(-c5ccccc5)cc2c43)c(-c2cccc(-c3cccc(-c4ccccc4)c3)c2)c1. The van der Waals surface area contributed by atoms with Crippen molar-refractivity contribution in [3.05, 3.63) is 430 Å². The summed E-state index contributed by atoms with van der Waals surface area (Å²) < 4.78 is 5.00. The van der Waals surface area contributed by atoms with Crippen molar-refractivity contribution in [2.75, 3.05) is 9.80 Å². The Morgan fingerprint density at radius 2 is 0.491 bits per heavy atom. The van der Waals surface area contributed by atoms with Crippen LogP contribution in [-0.2, 0) is 0 Å². The fraction of sp³-hybridized carbons (Fsp3) is 0.0270. The molecule has 544 valence electrons. The molecule has 0 bridgehead atoms. The minimum Gasteiger partial charge on any atom is -0.310 e. The van der Waals surface area contributed by atoms with Gasteiger partial charge >= 0.3 is 0 Å². The van der Waals surface area contributed by atoms with Crippen LogP contribution in [0.1, 0.15) is 25.3 Å². The molecule has 116 heavy (non-hydrogen) atoms. The monoisotopic (exact) mass is 1480 g/mol. The number of para-hydroxylation sites is 5. The maximum atomic E-state index is 2.73. The summed E-state index contributed by atoms with van der Waals surface area (Å²) in [6.45, 7) is 4.39. The summed E-state index contributed by atoms with van der Waals surface area (Å²) in [5.41, 5.74) is 38.7. The Labute approximate surface area is 676 Å². The van der Waals surface area contributed by atoms with Gasteiger partial charge in [0.1, 0.15) is 0 Å². The van der Waals surface area contributed by atoms with Crippen molar-refractivity contribution in [3.8, 4) is 112 Å². The molecule has 0 fully saturated rings. The summed E-state index contributed by atoms with van der Waals surface area (Å²) in [5, 5.41) is 4.86. The second-order valence-corrected chi connectivity index (χ2v) is 31.2. The van der Waals surface area contributed by atoms with Gasteiger partial charge in [-0.1, -0.05) is 341 Å². The highest BCUT2D eigenvalue weighted by atomic mass is 15.2. The molecule has 0 spiro atoms. The number of rotatable bonds is 14. The molecule has 22 rings (SSSR count). The molecule has 0 radical (unpaired) electrons. The molecule has 0 unspecified atom stereocenters. The van der Waals surface area contributed by atoms with Crippen molar-refractivity contribution >= 4 is 101 Å². The van der Waals surface area contributed by atoms with E-state index in [2.05, 4.69) is 457 Å². The fourth-order valence-corrected chi connectivity index (χ4v) is 18.8. The molecule has 20 aromatic rings. The largest absolute Gasteiger partial charge is 0.310 e. The Morgan fingerprint density at radius 1 is 0.207 bits per heavy atom. The van der Waals surface area contributed by atoms with Crippen molar-refractivity contribution in [2.24, 2.45) is 0 Å². The Bertz CT molecular complexity index is 7140. The Balaban J connectivity index is 0.882. The van der Waals surface area contributed by atoms with Gasteiger partial charge in [-0.15, -0.1) is 0 Å². The summed E-state index contributed by atoms with van der Waals surface area (Å²) >= 11 is 0. The van der Waals surface area contributed by atoms with Crippen molar-refractivity contribution in [1.82, 2.24) is 9.13 Å². The highest BCUT2D eigenvalue weighted by molar-refractivity contribution is 7.00. The molecule has 2 aliphatic heterocycles. The van der Waals surface area contributed by atoms with Crippen LogP contribution in [0.3, 0.4) is 0 Å². The van der Waals surface area contributed by atoms with E-state index in [4.69, 9.17) is 0 Å². The quantitative estimate of drug-likeness (QED) is 0.101. The van der Waals surface area contributed by atoms with Crippen molar-refractivity contribution in [2.45, 2.75) is 19.8 Å². The molecular weight excluding hydrogens is 1400 g/mol. The Hall–Kier alpha value is -14.8. The third-order valence-corrected chi connectivity index (χ3v) is 24.2. The standard InChI is InChI=1S/C111H77BN4/c1-73(2)87-67-97(78-39-16-7-17-40-78)111(98(68-87)86-48-29-46-84(66-86)82-44-27-42-80(64-82)75-33-10-4-11-34-75)116-106-72-90(114-103-57-24-20-51-95(103)96-52-21-25-58-104(96)114)60-62-100(106)112-99-61-59-89(113-101-55-22-18-49-93(101)94-50-19-23-56-102(94)113)71-105(99)115(107-69-88(70-108(116)109(107)112)76-35-12-5-13-36-76)110-91(77-37-14-6-15-38-77)53-30-54-92(110)85-47-28-45-83(65-85)81-43-26-41-79(63-81)74-31-8-3-9-32-74/h3-73H,1-2H3.